The molecule has 90 valence electrons. The summed E-state index contributed by atoms with van der Waals surface area (Å²) in [6, 6.07) is 0.271. The molecule has 0 aromatic heterocycles. The van der Waals surface area contributed by atoms with Crippen LogP contribution in [0.4, 0.5) is 0 Å². The summed E-state index contributed by atoms with van der Waals surface area (Å²) in [5, 5.41) is 0. The zero-order chi connectivity index (χ0) is 11.8. The number of halogens is 1. The minimum atomic E-state index is 0.215. The Balaban J connectivity index is 4.14. The summed E-state index contributed by atoms with van der Waals surface area (Å²) in [6.07, 6.45) is 1.33. The molecule has 0 heterocycles. The third kappa shape index (κ3) is 6.00. The predicted octanol–water partition coefficient (Wildman–Crippen LogP) is 1.80. The van der Waals surface area contributed by atoms with Crippen molar-refractivity contribution in [1.29, 1.82) is 0 Å². The van der Waals surface area contributed by atoms with Gasteiger partial charge in [0, 0.05) is 31.4 Å². The highest BCUT2D eigenvalue weighted by molar-refractivity contribution is 6.17. The van der Waals surface area contributed by atoms with Crippen molar-refractivity contribution in [1.82, 2.24) is 9.80 Å². The molecule has 0 spiro atoms. The van der Waals surface area contributed by atoms with Crippen molar-refractivity contribution in [3.8, 4) is 0 Å². The van der Waals surface area contributed by atoms with E-state index in [0.29, 0.717) is 12.3 Å². The molecule has 0 aromatic rings. The van der Waals surface area contributed by atoms with Crippen LogP contribution in [0.2, 0.25) is 0 Å². The number of rotatable bonds is 7. The van der Waals surface area contributed by atoms with Crippen LogP contribution in [-0.2, 0) is 4.79 Å². The van der Waals surface area contributed by atoms with Gasteiger partial charge in [-0.15, -0.1) is 11.6 Å². The lowest BCUT2D eigenvalue weighted by atomic mass is 10.2. The van der Waals surface area contributed by atoms with Crippen molar-refractivity contribution >= 4 is 17.5 Å². The van der Waals surface area contributed by atoms with Crippen molar-refractivity contribution < 1.29 is 4.79 Å². The predicted molar refractivity (Wildman–Crippen MR) is 65.4 cm³/mol. The number of carbonyl (C=O) groups is 1. The lowest BCUT2D eigenvalue weighted by Crippen LogP contribution is -2.43. The second kappa shape index (κ2) is 7.94. The van der Waals surface area contributed by atoms with E-state index in [1.54, 1.807) is 0 Å². The smallest absolute Gasteiger partial charge is 0.222 e. The molecule has 3 nitrogen and oxygen atoms in total. The molecule has 0 aliphatic carbocycles. The van der Waals surface area contributed by atoms with E-state index in [0.717, 1.165) is 19.5 Å². The van der Waals surface area contributed by atoms with Crippen molar-refractivity contribution in [3.63, 3.8) is 0 Å². The van der Waals surface area contributed by atoms with Crippen LogP contribution in [0.3, 0.4) is 0 Å². The van der Waals surface area contributed by atoms with Gasteiger partial charge in [-0.05, 0) is 34.4 Å². The topological polar surface area (TPSA) is 23.6 Å². The Morgan fingerprint density at radius 2 is 2.00 bits per heavy atom. The molecule has 0 rings (SSSR count). The lowest BCUT2D eigenvalue weighted by molar-refractivity contribution is -0.133. The first-order valence-corrected chi connectivity index (χ1v) is 6.06. The standard InChI is InChI=1S/C11H23ClN2O/c1-5-14(10(2)9-13(3)4)11(15)7-6-8-12/h10H,5-9H2,1-4H3. The molecule has 0 saturated heterocycles. The number of likely N-dealkylation sites (N-methyl/N-ethyl adjacent to an activating group) is 2. The van der Waals surface area contributed by atoms with Gasteiger partial charge >= 0.3 is 0 Å². The van der Waals surface area contributed by atoms with Gasteiger partial charge in [-0.2, -0.15) is 0 Å². The number of alkyl halides is 1. The minimum absolute atomic E-state index is 0.215. The molecule has 1 atom stereocenters. The molecule has 1 unspecified atom stereocenters. The van der Waals surface area contributed by atoms with Crippen LogP contribution in [0.5, 0.6) is 0 Å². The molecule has 0 N–H and O–H groups in total. The van der Waals surface area contributed by atoms with Gasteiger partial charge in [0.25, 0.3) is 0 Å². The Kier molecular flexibility index (Phi) is 7.79. The Bertz CT molecular complexity index is 185. The van der Waals surface area contributed by atoms with Gasteiger partial charge in [0.1, 0.15) is 0 Å². The average molecular weight is 235 g/mol. The van der Waals surface area contributed by atoms with E-state index in [2.05, 4.69) is 11.8 Å². The third-order valence-electron chi connectivity index (χ3n) is 2.35. The molecule has 4 heteroatoms. The second-order valence-electron chi connectivity index (χ2n) is 4.08. The Morgan fingerprint density at radius 1 is 1.40 bits per heavy atom. The van der Waals surface area contributed by atoms with Crippen molar-refractivity contribution in [2.75, 3.05) is 33.1 Å². The Morgan fingerprint density at radius 3 is 2.40 bits per heavy atom. The number of nitrogens with zero attached hydrogens (tertiary/aromatic N) is 2. The van der Waals surface area contributed by atoms with E-state index in [4.69, 9.17) is 11.6 Å². The van der Waals surface area contributed by atoms with Crippen molar-refractivity contribution in [2.24, 2.45) is 0 Å². The highest BCUT2D eigenvalue weighted by Gasteiger charge is 2.17. The highest BCUT2D eigenvalue weighted by atomic mass is 35.5. The van der Waals surface area contributed by atoms with Gasteiger partial charge in [-0.25, -0.2) is 0 Å². The first-order chi connectivity index (χ1) is 7.02. The molecular weight excluding hydrogens is 212 g/mol. The zero-order valence-electron chi connectivity index (χ0n) is 10.3. The fourth-order valence-corrected chi connectivity index (χ4v) is 1.86. The SMILES string of the molecule is CCN(C(=O)CCCCl)C(C)CN(C)C. The van der Waals surface area contributed by atoms with Gasteiger partial charge in [0.05, 0.1) is 0 Å². The van der Waals surface area contributed by atoms with Gasteiger partial charge in [-0.1, -0.05) is 0 Å². The second-order valence-corrected chi connectivity index (χ2v) is 4.46. The first-order valence-electron chi connectivity index (χ1n) is 5.53. The number of hydrogen-bond acceptors (Lipinski definition) is 2. The maximum atomic E-state index is 11.8. The van der Waals surface area contributed by atoms with Crippen molar-refractivity contribution in [3.05, 3.63) is 0 Å². The van der Waals surface area contributed by atoms with Gasteiger partial charge in [0.2, 0.25) is 5.91 Å². The Hall–Kier alpha value is -0.280. The quantitative estimate of drug-likeness (QED) is 0.628. The number of amides is 1. The summed E-state index contributed by atoms with van der Waals surface area (Å²) in [5.41, 5.74) is 0. The average Bonchev–Trinajstić information content (AvgIpc) is 2.14. The van der Waals surface area contributed by atoms with Crippen LogP contribution in [0.1, 0.15) is 26.7 Å². The van der Waals surface area contributed by atoms with E-state index in [9.17, 15) is 4.79 Å². The molecule has 0 aliphatic rings. The van der Waals surface area contributed by atoms with Crippen LogP contribution in [0, 0.1) is 0 Å². The Labute approximate surface area is 98.4 Å². The summed E-state index contributed by atoms with van der Waals surface area (Å²) in [4.78, 5) is 15.8. The third-order valence-corrected chi connectivity index (χ3v) is 2.61. The van der Waals surface area contributed by atoms with E-state index < -0.39 is 0 Å². The van der Waals surface area contributed by atoms with Crippen LogP contribution >= 0.6 is 11.6 Å². The molecule has 0 saturated carbocycles. The van der Waals surface area contributed by atoms with Gasteiger partial charge < -0.3 is 9.80 Å². The van der Waals surface area contributed by atoms with Gasteiger partial charge in [0.15, 0.2) is 0 Å². The summed E-state index contributed by atoms with van der Waals surface area (Å²) in [7, 11) is 4.04. The molecule has 0 aliphatic heterocycles. The van der Waals surface area contributed by atoms with E-state index in [1.165, 1.54) is 0 Å². The first kappa shape index (κ1) is 14.7. The maximum absolute atomic E-state index is 11.8. The maximum Gasteiger partial charge on any atom is 0.222 e. The van der Waals surface area contributed by atoms with Crippen molar-refractivity contribution in [2.45, 2.75) is 32.7 Å². The number of carbonyl (C=O) groups excluding carboxylic acids is 1. The normalized spacial score (nSPS) is 12.9. The molecule has 0 radical (unpaired) electrons. The molecular formula is C11H23ClN2O. The summed E-state index contributed by atoms with van der Waals surface area (Å²) in [5.74, 6) is 0.776. The summed E-state index contributed by atoms with van der Waals surface area (Å²) >= 11 is 5.58. The molecule has 0 bridgehead atoms. The molecule has 0 aromatic carbocycles. The van der Waals surface area contributed by atoms with E-state index >= 15 is 0 Å². The molecule has 0 fully saturated rings. The van der Waals surface area contributed by atoms with Crippen LogP contribution in [0.25, 0.3) is 0 Å². The van der Waals surface area contributed by atoms with Crippen LogP contribution in [-0.4, -0.2) is 54.8 Å². The monoisotopic (exact) mass is 234 g/mol. The van der Waals surface area contributed by atoms with E-state index in [-0.39, 0.29) is 11.9 Å². The highest BCUT2D eigenvalue weighted by Crippen LogP contribution is 2.05. The summed E-state index contributed by atoms with van der Waals surface area (Å²) < 4.78 is 0. The van der Waals surface area contributed by atoms with E-state index in [1.807, 2.05) is 25.9 Å². The fourth-order valence-electron chi connectivity index (χ4n) is 1.72. The van der Waals surface area contributed by atoms with Gasteiger partial charge in [-0.3, -0.25) is 4.79 Å². The van der Waals surface area contributed by atoms with Crippen LogP contribution in [0.15, 0.2) is 0 Å². The van der Waals surface area contributed by atoms with Crippen LogP contribution < -0.4 is 0 Å². The lowest BCUT2D eigenvalue weighted by Gasteiger charge is -2.30. The summed E-state index contributed by atoms with van der Waals surface area (Å²) in [6.45, 7) is 5.78. The number of hydrogen-bond donors (Lipinski definition) is 0. The zero-order valence-corrected chi connectivity index (χ0v) is 11.0. The largest absolute Gasteiger partial charge is 0.339 e. The minimum Gasteiger partial charge on any atom is -0.339 e. The molecule has 15 heavy (non-hydrogen) atoms. The fraction of sp³-hybridized carbons (Fsp3) is 0.909. The molecule has 1 amide bonds.